The molecular weight excluding hydrogens is 296 g/mol. The van der Waals surface area contributed by atoms with Gasteiger partial charge in [-0.3, -0.25) is 14.4 Å². The minimum atomic E-state index is 0.886. The molecule has 4 heteroatoms. The van der Waals surface area contributed by atoms with Gasteiger partial charge in [0.15, 0.2) is 0 Å². The van der Waals surface area contributed by atoms with Crippen molar-refractivity contribution >= 4 is 27.3 Å². The number of nitrogens with zero attached hydrogens (tertiary/aromatic N) is 4. The van der Waals surface area contributed by atoms with Crippen molar-refractivity contribution in [1.82, 2.24) is 19.4 Å². The summed E-state index contributed by atoms with van der Waals surface area (Å²) in [5.41, 5.74) is 7.01. The average Bonchev–Trinajstić information content (AvgIpc) is 3.18. The largest absolute Gasteiger partial charge is 0.290 e. The van der Waals surface area contributed by atoms with Gasteiger partial charge in [-0.15, -0.1) is 0 Å². The maximum Gasteiger partial charge on any atom is 0.147 e. The Labute approximate surface area is 137 Å². The SMILES string of the molecule is c1ccc2c(c1)Cc1nc3c4cnccc4c4ccncc4n3c1-2. The number of aromatic nitrogens is 4. The molecule has 1 aliphatic rings. The van der Waals surface area contributed by atoms with Crippen molar-refractivity contribution in [3.8, 4) is 11.3 Å². The van der Waals surface area contributed by atoms with Crippen molar-refractivity contribution in [2.24, 2.45) is 0 Å². The molecule has 6 rings (SSSR count). The van der Waals surface area contributed by atoms with Crippen LogP contribution in [0.3, 0.4) is 0 Å². The van der Waals surface area contributed by atoms with Crippen molar-refractivity contribution in [3.63, 3.8) is 0 Å². The first-order valence-corrected chi connectivity index (χ1v) is 8.01. The van der Waals surface area contributed by atoms with E-state index in [1.165, 1.54) is 27.6 Å². The van der Waals surface area contributed by atoms with Crippen LogP contribution in [0.5, 0.6) is 0 Å². The molecule has 5 aromatic rings. The second-order valence-electron chi connectivity index (χ2n) is 6.21. The standard InChI is InChI=1S/C20H12N4/c1-2-4-13-12(3-1)9-17-19(13)24-18-11-22-8-6-15(18)14-5-7-21-10-16(14)20(24)23-17/h1-8,10-11H,9H2. The molecular formula is C20H12N4. The molecule has 112 valence electrons. The fourth-order valence-corrected chi connectivity index (χ4v) is 3.97. The highest BCUT2D eigenvalue weighted by atomic mass is 15.0. The lowest BCUT2D eigenvalue weighted by molar-refractivity contribution is 1.17. The number of fused-ring (bicyclic) bond motifs is 10. The molecule has 1 aliphatic carbocycles. The third-order valence-electron chi connectivity index (χ3n) is 4.97. The summed E-state index contributed by atoms with van der Waals surface area (Å²) >= 11 is 0. The molecule has 0 unspecified atom stereocenters. The van der Waals surface area contributed by atoms with Gasteiger partial charge in [0.1, 0.15) is 5.65 Å². The summed E-state index contributed by atoms with van der Waals surface area (Å²) < 4.78 is 2.26. The first-order valence-electron chi connectivity index (χ1n) is 8.01. The Kier molecular flexibility index (Phi) is 2.12. The number of imidazole rings is 1. The third-order valence-corrected chi connectivity index (χ3v) is 4.97. The zero-order valence-corrected chi connectivity index (χ0v) is 12.8. The molecule has 4 heterocycles. The number of pyridine rings is 3. The summed E-state index contributed by atoms with van der Waals surface area (Å²) in [4.78, 5) is 13.7. The maximum atomic E-state index is 4.98. The van der Waals surface area contributed by atoms with E-state index in [1.807, 2.05) is 24.8 Å². The van der Waals surface area contributed by atoms with Gasteiger partial charge in [-0.25, -0.2) is 4.98 Å². The third kappa shape index (κ3) is 1.36. The Balaban J connectivity index is 1.93. The van der Waals surface area contributed by atoms with E-state index in [0.717, 1.165) is 28.7 Å². The van der Waals surface area contributed by atoms with Crippen LogP contribution in [0.25, 0.3) is 38.6 Å². The molecule has 1 aromatic carbocycles. The van der Waals surface area contributed by atoms with Gasteiger partial charge >= 0.3 is 0 Å². The zero-order chi connectivity index (χ0) is 15.7. The van der Waals surface area contributed by atoms with Gasteiger partial charge in [0.2, 0.25) is 0 Å². The Morgan fingerprint density at radius 3 is 2.62 bits per heavy atom. The molecule has 4 aromatic heterocycles. The average molecular weight is 308 g/mol. The van der Waals surface area contributed by atoms with Crippen LogP contribution in [0.4, 0.5) is 0 Å². The van der Waals surface area contributed by atoms with Gasteiger partial charge in [0, 0.05) is 41.3 Å². The van der Waals surface area contributed by atoms with E-state index in [0.29, 0.717) is 0 Å². The summed E-state index contributed by atoms with van der Waals surface area (Å²) in [6, 6.07) is 12.7. The Bertz CT molecular complexity index is 1280. The molecule has 0 radical (unpaired) electrons. The van der Waals surface area contributed by atoms with Crippen LogP contribution in [-0.4, -0.2) is 19.4 Å². The number of hydrogen-bond acceptors (Lipinski definition) is 3. The number of benzene rings is 1. The van der Waals surface area contributed by atoms with Crippen LogP contribution < -0.4 is 0 Å². The molecule has 4 nitrogen and oxygen atoms in total. The van der Waals surface area contributed by atoms with E-state index in [4.69, 9.17) is 4.98 Å². The monoisotopic (exact) mass is 308 g/mol. The topological polar surface area (TPSA) is 43.1 Å². The Morgan fingerprint density at radius 2 is 1.67 bits per heavy atom. The van der Waals surface area contributed by atoms with Crippen molar-refractivity contribution in [3.05, 3.63) is 72.4 Å². The van der Waals surface area contributed by atoms with Gasteiger partial charge in [-0.1, -0.05) is 24.3 Å². The molecule has 0 fully saturated rings. The van der Waals surface area contributed by atoms with E-state index >= 15 is 0 Å². The molecule has 0 saturated heterocycles. The smallest absolute Gasteiger partial charge is 0.147 e. The van der Waals surface area contributed by atoms with E-state index in [9.17, 15) is 0 Å². The van der Waals surface area contributed by atoms with Gasteiger partial charge < -0.3 is 0 Å². The number of hydrogen-bond donors (Lipinski definition) is 0. The van der Waals surface area contributed by atoms with E-state index in [1.54, 1.807) is 0 Å². The fourth-order valence-electron chi connectivity index (χ4n) is 3.97. The highest BCUT2D eigenvalue weighted by molar-refractivity contribution is 6.12. The molecule has 0 aliphatic heterocycles. The predicted octanol–water partition coefficient (Wildman–Crippen LogP) is 4.00. The molecule has 0 saturated carbocycles. The Morgan fingerprint density at radius 1 is 0.833 bits per heavy atom. The predicted molar refractivity (Wildman–Crippen MR) is 94.0 cm³/mol. The van der Waals surface area contributed by atoms with Crippen LogP contribution in [0.1, 0.15) is 11.3 Å². The second-order valence-corrected chi connectivity index (χ2v) is 6.21. The highest BCUT2D eigenvalue weighted by Gasteiger charge is 2.26. The molecule has 0 spiro atoms. The van der Waals surface area contributed by atoms with Crippen LogP contribution in [0.15, 0.2) is 61.2 Å². The minimum Gasteiger partial charge on any atom is -0.290 e. The van der Waals surface area contributed by atoms with Crippen molar-refractivity contribution in [2.45, 2.75) is 6.42 Å². The summed E-state index contributed by atoms with van der Waals surface area (Å²) in [5, 5.41) is 3.44. The first kappa shape index (κ1) is 12.2. The van der Waals surface area contributed by atoms with Crippen LogP contribution in [-0.2, 0) is 6.42 Å². The van der Waals surface area contributed by atoms with Gasteiger partial charge in [-0.05, 0) is 23.1 Å². The highest BCUT2D eigenvalue weighted by Crippen LogP contribution is 2.40. The van der Waals surface area contributed by atoms with Crippen molar-refractivity contribution < 1.29 is 0 Å². The van der Waals surface area contributed by atoms with Crippen LogP contribution >= 0.6 is 0 Å². The van der Waals surface area contributed by atoms with Crippen LogP contribution in [0.2, 0.25) is 0 Å². The molecule has 24 heavy (non-hydrogen) atoms. The van der Waals surface area contributed by atoms with E-state index in [2.05, 4.69) is 50.8 Å². The summed E-state index contributed by atoms with van der Waals surface area (Å²) in [6.45, 7) is 0. The van der Waals surface area contributed by atoms with Gasteiger partial charge in [0.05, 0.1) is 23.1 Å². The lowest BCUT2D eigenvalue weighted by Crippen LogP contribution is -1.95. The minimum absolute atomic E-state index is 0.886. The lowest BCUT2D eigenvalue weighted by Gasteiger charge is -2.10. The molecule has 0 amide bonds. The van der Waals surface area contributed by atoms with E-state index in [-0.39, 0.29) is 0 Å². The second kappa shape index (κ2) is 4.17. The van der Waals surface area contributed by atoms with Gasteiger partial charge in [-0.2, -0.15) is 0 Å². The zero-order valence-electron chi connectivity index (χ0n) is 12.8. The molecule has 0 N–H and O–H groups in total. The fraction of sp³-hybridized carbons (Fsp3) is 0.0500. The summed E-state index contributed by atoms with van der Waals surface area (Å²) in [6.07, 6.45) is 8.42. The lowest BCUT2D eigenvalue weighted by atomic mass is 10.1. The maximum absolute atomic E-state index is 4.98. The summed E-state index contributed by atoms with van der Waals surface area (Å²) in [5.74, 6) is 0. The number of rotatable bonds is 0. The molecule has 0 bridgehead atoms. The van der Waals surface area contributed by atoms with Gasteiger partial charge in [0.25, 0.3) is 0 Å². The van der Waals surface area contributed by atoms with E-state index < -0.39 is 0 Å². The quantitative estimate of drug-likeness (QED) is 0.398. The molecule has 0 atom stereocenters. The van der Waals surface area contributed by atoms with Crippen LogP contribution in [0, 0.1) is 0 Å². The van der Waals surface area contributed by atoms with Crippen molar-refractivity contribution in [2.75, 3.05) is 0 Å². The summed E-state index contributed by atoms with van der Waals surface area (Å²) in [7, 11) is 0. The first-order chi connectivity index (χ1) is 11.9. The normalized spacial score (nSPS) is 12.8. The Hall–Kier alpha value is -3.27. The van der Waals surface area contributed by atoms with Crippen molar-refractivity contribution in [1.29, 1.82) is 0 Å².